The summed E-state index contributed by atoms with van der Waals surface area (Å²) in [5.74, 6) is -1.43. The quantitative estimate of drug-likeness (QED) is 0.871. The number of alkyl halides is 3. The highest BCUT2D eigenvalue weighted by Gasteiger charge is 2.32. The molecule has 0 atom stereocenters. The van der Waals surface area contributed by atoms with E-state index in [0.29, 0.717) is 11.6 Å². The zero-order chi connectivity index (χ0) is 14.9. The van der Waals surface area contributed by atoms with E-state index >= 15 is 0 Å². The minimum Gasteiger partial charge on any atom is -0.478 e. The maximum atomic E-state index is 12.8. The normalized spacial score (nSPS) is 11.4. The molecule has 0 radical (unpaired) electrons. The topological polar surface area (TPSA) is 37.3 Å². The van der Waals surface area contributed by atoms with Gasteiger partial charge in [0.15, 0.2) is 0 Å². The Hall–Kier alpha value is -2.01. The Morgan fingerprint density at radius 2 is 1.75 bits per heavy atom. The minimum atomic E-state index is -4.62. The summed E-state index contributed by atoms with van der Waals surface area (Å²) in [4.78, 5) is 10.9. The van der Waals surface area contributed by atoms with Gasteiger partial charge < -0.3 is 5.11 Å². The van der Waals surface area contributed by atoms with Gasteiger partial charge in [-0.25, -0.2) is 4.79 Å². The zero-order valence-electron chi connectivity index (χ0n) is 9.91. The number of rotatable bonds is 2. The maximum absolute atomic E-state index is 12.8. The number of benzene rings is 2. The predicted octanol–water partition coefficient (Wildman–Crippen LogP) is 4.72. The molecule has 0 aromatic heterocycles. The summed E-state index contributed by atoms with van der Waals surface area (Å²) in [6.07, 6.45) is -4.62. The molecule has 0 saturated heterocycles. The van der Waals surface area contributed by atoms with E-state index < -0.39 is 23.3 Å². The molecule has 0 bridgehead atoms. The van der Waals surface area contributed by atoms with Crippen LogP contribution in [0.4, 0.5) is 13.2 Å². The van der Waals surface area contributed by atoms with Crippen molar-refractivity contribution < 1.29 is 23.1 Å². The number of halogens is 4. The molecule has 0 amide bonds. The van der Waals surface area contributed by atoms with E-state index in [2.05, 4.69) is 0 Å². The first-order valence-electron chi connectivity index (χ1n) is 5.49. The number of carbonyl (C=O) groups is 1. The van der Waals surface area contributed by atoms with Gasteiger partial charge in [-0.1, -0.05) is 29.8 Å². The van der Waals surface area contributed by atoms with Crippen molar-refractivity contribution in [2.75, 3.05) is 0 Å². The van der Waals surface area contributed by atoms with Crippen molar-refractivity contribution in [3.05, 3.63) is 58.6 Å². The average Bonchev–Trinajstić information content (AvgIpc) is 2.37. The van der Waals surface area contributed by atoms with Crippen LogP contribution >= 0.6 is 11.6 Å². The molecule has 2 rings (SSSR count). The third-order valence-corrected chi connectivity index (χ3v) is 3.02. The highest BCUT2D eigenvalue weighted by atomic mass is 35.5. The van der Waals surface area contributed by atoms with Crippen LogP contribution in [0.2, 0.25) is 5.02 Å². The van der Waals surface area contributed by atoms with Crippen LogP contribution in [-0.4, -0.2) is 11.1 Å². The van der Waals surface area contributed by atoms with Crippen molar-refractivity contribution in [1.29, 1.82) is 0 Å². The SMILES string of the molecule is O=C(O)c1cc(-c2ccccc2Cl)cc(C(F)(F)F)c1. The van der Waals surface area contributed by atoms with E-state index in [9.17, 15) is 18.0 Å². The van der Waals surface area contributed by atoms with Crippen molar-refractivity contribution in [3.63, 3.8) is 0 Å². The van der Waals surface area contributed by atoms with Gasteiger partial charge in [-0.3, -0.25) is 0 Å². The molecule has 2 aromatic carbocycles. The van der Waals surface area contributed by atoms with Crippen LogP contribution < -0.4 is 0 Å². The monoisotopic (exact) mass is 300 g/mol. The Balaban J connectivity index is 2.68. The Kier molecular flexibility index (Phi) is 3.72. The van der Waals surface area contributed by atoms with Crippen LogP contribution in [0.15, 0.2) is 42.5 Å². The lowest BCUT2D eigenvalue weighted by Gasteiger charge is -2.11. The molecule has 0 aliphatic heterocycles. The zero-order valence-corrected chi connectivity index (χ0v) is 10.7. The van der Waals surface area contributed by atoms with Crippen molar-refractivity contribution >= 4 is 17.6 Å². The summed E-state index contributed by atoms with van der Waals surface area (Å²) >= 11 is 5.93. The fourth-order valence-corrected chi connectivity index (χ4v) is 2.01. The van der Waals surface area contributed by atoms with Crippen LogP contribution in [0.5, 0.6) is 0 Å². The standard InChI is InChI=1S/C14H8ClF3O2/c15-12-4-2-1-3-11(12)8-5-9(13(19)20)7-10(6-8)14(16,17)18/h1-7H,(H,19,20). The third-order valence-electron chi connectivity index (χ3n) is 2.69. The van der Waals surface area contributed by atoms with Crippen LogP contribution in [0, 0.1) is 0 Å². The predicted molar refractivity (Wildman–Crippen MR) is 68.8 cm³/mol. The van der Waals surface area contributed by atoms with Gasteiger partial charge in [0.2, 0.25) is 0 Å². The highest BCUT2D eigenvalue weighted by molar-refractivity contribution is 6.33. The second kappa shape index (κ2) is 5.17. The van der Waals surface area contributed by atoms with Crippen LogP contribution in [-0.2, 0) is 6.18 Å². The molecule has 2 aromatic rings. The lowest BCUT2D eigenvalue weighted by Crippen LogP contribution is -2.08. The first-order chi connectivity index (χ1) is 9.29. The number of hydrogen-bond acceptors (Lipinski definition) is 1. The lowest BCUT2D eigenvalue weighted by atomic mass is 9.99. The first-order valence-corrected chi connectivity index (χ1v) is 5.87. The van der Waals surface area contributed by atoms with Gasteiger partial charge in [0.1, 0.15) is 0 Å². The lowest BCUT2D eigenvalue weighted by molar-refractivity contribution is -0.137. The fraction of sp³-hybridized carbons (Fsp3) is 0.0714. The van der Waals surface area contributed by atoms with E-state index in [0.717, 1.165) is 6.07 Å². The highest BCUT2D eigenvalue weighted by Crippen LogP contribution is 2.35. The molecule has 1 N–H and O–H groups in total. The van der Waals surface area contributed by atoms with E-state index in [4.69, 9.17) is 16.7 Å². The molecule has 6 heteroatoms. The van der Waals surface area contributed by atoms with E-state index in [1.807, 2.05) is 0 Å². The van der Waals surface area contributed by atoms with E-state index in [1.165, 1.54) is 18.2 Å². The summed E-state index contributed by atoms with van der Waals surface area (Å²) in [5.41, 5.74) is -0.993. The smallest absolute Gasteiger partial charge is 0.416 e. The Morgan fingerprint density at radius 3 is 2.30 bits per heavy atom. The Labute approximate surface area is 117 Å². The summed E-state index contributed by atoms with van der Waals surface area (Å²) in [6, 6.07) is 8.95. The van der Waals surface area contributed by atoms with Crippen molar-refractivity contribution in [1.82, 2.24) is 0 Å². The Morgan fingerprint density at radius 1 is 1.10 bits per heavy atom. The van der Waals surface area contributed by atoms with Gasteiger partial charge in [0, 0.05) is 10.6 Å². The molecule has 0 saturated carbocycles. The summed E-state index contributed by atoms with van der Waals surface area (Å²) < 4.78 is 38.4. The van der Waals surface area contributed by atoms with Crippen LogP contribution in [0.25, 0.3) is 11.1 Å². The second-order valence-electron chi connectivity index (χ2n) is 4.08. The molecular formula is C14H8ClF3O2. The van der Waals surface area contributed by atoms with Crippen LogP contribution in [0.1, 0.15) is 15.9 Å². The molecule has 2 nitrogen and oxygen atoms in total. The molecule has 0 aliphatic carbocycles. The molecule has 0 spiro atoms. The average molecular weight is 301 g/mol. The number of carboxylic acid groups (broad SMARTS) is 1. The van der Waals surface area contributed by atoms with Gasteiger partial charge in [0.25, 0.3) is 0 Å². The molecule has 0 fully saturated rings. The maximum Gasteiger partial charge on any atom is 0.416 e. The fourth-order valence-electron chi connectivity index (χ4n) is 1.77. The molecule has 20 heavy (non-hydrogen) atoms. The molecular weight excluding hydrogens is 293 g/mol. The van der Waals surface area contributed by atoms with E-state index in [-0.39, 0.29) is 10.6 Å². The van der Waals surface area contributed by atoms with E-state index in [1.54, 1.807) is 12.1 Å². The second-order valence-corrected chi connectivity index (χ2v) is 4.49. The Bertz CT molecular complexity index is 666. The van der Waals surface area contributed by atoms with Crippen molar-refractivity contribution in [2.45, 2.75) is 6.18 Å². The third kappa shape index (κ3) is 2.93. The van der Waals surface area contributed by atoms with Crippen LogP contribution in [0.3, 0.4) is 0 Å². The van der Waals surface area contributed by atoms with Gasteiger partial charge >= 0.3 is 12.1 Å². The number of carboxylic acids is 1. The number of aromatic carboxylic acids is 1. The van der Waals surface area contributed by atoms with Crippen molar-refractivity contribution in [2.24, 2.45) is 0 Å². The van der Waals surface area contributed by atoms with Gasteiger partial charge in [-0.15, -0.1) is 0 Å². The van der Waals surface area contributed by atoms with Gasteiger partial charge in [-0.2, -0.15) is 13.2 Å². The van der Waals surface area contributed by atoms with Crippen molar-refractivity contribution in [3.8, 4) is 11.1 Å². The molecule has 104 valence electrons. The molecule has 0 aliphatic rings. The largest absolute Gasteiger partial charge is 0.478 e. The van der Waals surface area contributed by atoms with Gasteiger partial charge in [0.05, 0.1) is 11.1 Å². The molecule has 0 unspecified atom stereocenters. The summed E-state index contributed by atoms with van der Waals surface area (Å²) in [7, 11) is 0. The minimum absolute atomic E-state index is 0.114. The number of hydrogen-bond donors (Lipinski definition) is 1. The first kappa shape index (κ1) is 14.4. The molecule has 0 heterocycles. The van der Waals surface area contributed by atoms with Gasteiger partial charge in [-0.05, 0) is 29.8 Å². The summed E-state index contributed by atoms with van der Waals surface area (Å²) in [6.45, 7) is 0. The summed E-state index contributed by atoms with van der Waals surface area (Å²) in [5, 5.41) is 9.17.